The molecule has 1 rings (SSSR count). The second kappa shape index (κ2) is 2.39. The van der Waals surface area contributed by atoms with Gasteiger partial charge < -0.3 is 4.74 Å². The molecule has 0 bridgehead atoms. The van der Waals surface area contributed by atoms with Crippen LogP contribution in [0.1, 0.15) is 12.8 Å². The van der Waals surface area contributed by atoms with E-state index in [2.05, 4.69) is 0 Å². The molecule has 1 fully saturated rings. The van der Waals surface area contributed by atoms with Crippen molar-refractivity contribution in [2.24, 2.45) is 0 Å². The molecule has 2 atom stereocenters. The molecule has 0 saturated carbocycles. The first kappa shape index (κ1) is 5.20. The van der Waals surface area contributed by atoms with Crippen molar-refractivity contribution in [2.75, 3.05) is 6.61 Å². The Balaban J connectivity index is 2.26. The quantitative estimate of drug-likeness (QED) is 0.484. The van der Waals surface area contributed by atoms with Crippen molar-refractivity contribution in [3.05, 3.63) is 0 Å². The number of rotatable bonds is 1. The molecule has 40 valence electrons. The molecule has 7 heavy (non-hydrogen) atoms. The maximum Gasteiger partial charge on any atom is 0.356 e. The van der Waals surface area contributed by atoms with Crippen LogP contribution in [0.3, 0.4) is 0 Å². The fourth-order valence-corrected chi connectivity index (χ4v) is 1.18. The first-order chi connectivity index (χ1) is 3.43. The van der Waals surface area contributed by atoms with Gasteiger partial charge in [-0.1, -0.05) is 4.57 Å². The van der Waals surface area contributed by atoms with Gasteiger partial charge in [-0.25, -0.2) is 0 Å². The summed E-state index contributed by atoms with van der Waals surface area (Å²) in [7, 11) is -0.261. The molecule has 1 aliphatic heterocycles. The van der Waals surface area contributed by atoms with Crippen LogP contribution in [-0.2, 0) is 9.30 Å². The second-order valence-electron chi connectivity index (χ2n) is 1.62. The van der Waals surface area contributed by atoms with Gasteiger partial charge in [-0.05, 0) is 6.42 Å². The van der Waals surface area contributed by atoms with Crippen molar-refractivity contribution in [2.45, 2.75) is 18.7 Å². The molecule has 2 nitrogen and oxygen atoms in total. The Morgan fingerprint density at radius 3 is 2.86 bits per heavy atom. The van der Waals surface area contributed by atoms with E-state index in [4.69, 9.17) is 4.74 Å². The molecule has 0 N–H and O–H groups in total. The molecule has 2 unspecified atom stereocenters. The molecule has 0 aliphatic carbocycles. The predicted octanol–water partition coefficient (Wildman–Crippen LogP) is 1.15. The fraction of sp³-hybridized carbons (Fsp3) is 1.00. The summed E-state index contributed by atoms with van der Waals surface area (Å²) < 4.78 is 15.0. The van der Waals surface area contributed by atoms with Gasteiger partial charge in [-0.3, -0.25) is 0 Å². The first-order valence-corrected chi connectivity index (χ1v) is 3.41. The van der Waals surface area contributed by atoms with Crippen LogP contribution in [0.4, 0.5) is 0 Å². The third-order valence-electron chi connectivity index (χ3n) is 1.06. The lowest BCUT2D eigenvalue weighted by Gasteiger charge is -1.84. The molecule has 1 aliphatic rings. The highest BCUT2D eigenvalue weighted by Crippen LogP contribution is 2.20. The predicted molar refractivity (Wildman–Crippen MR) is 28.0 cm³/mol. The monoisotopic (exact) mass is 119 g/mol. The highest BCUT2D eigenvalue weighted by Gasteiger charge is 2.20. The van der Waals surface area contributed by atoms with Gasteiger partial charge >= 0.3 is 8.46 Å². The zero-order chi connectivity index (χ0) is 5.11. The minimum atomic E-state index is -0.261. The lowest BCUT2D eigenvalue weighted by molar-refractivity contribution is 0.169. The van der Waals surface area contributed by atoms with Crippen LogP contribution in [0.2, 0.25) is 0 Å². The van der Waals surface area contributed by atoms with Crippen LogP contribution >= 0.6 is 8.46 Å². The summed E-state index contributed by atoms with van der Waals surface area (Å²) >= 11 is 0. The van der Waals surface area contributed by atoms with Crippen molar-refractivity contribution in [1.82, 2.24) is 0 Å². The summed E-state index contributed by atoms with van der Waals surface area (Å²) in [5, 5.41) is 0. The normalized spacial score (nSPS) is 31.7. The van der Waals surface area contributed by atoms with Crippen LogP contribution in [0.5, 0.6) is 0 Å². The smallest absolute Gasteiger partial charge is 0.335 e. The van der Waals surface area contributed by atoms with E-state index in [1.807, 2.05) is 0 Å². The van der Waals surface area contributed by atoms with E-state index in [9.17, 15) is 4.57 Å². The van der Waals surface area contributed by atoms with Crippen molar-refractivity contribution in [1.29, 1.82) is 0 Å². The first-order valence-electron chi connectivity index (χ1n) is 2.43. The van der Waals surface area contributed by atoms with Crippen LogP contribution in [0, 0.1) is 0 Å². The fourth-order valence-electron chi connectivity index (χ4n) is 0.671. The van der Waals surface area contributed by atoms with Crippen molar-refractivity contribution >= 4 is 8.46 Å². The molecule has 0 radical (unpaired) electrons. The lowest BCUT2D eigenvalue weighted by atomic mass is 10.4. The average molecular weight is 119 g/mol. The van der Waals surface area contributed by atoms with Gasteiger partial charge in [-0.2, -0.15) is 0 Å². The average Bonchev–Trinajstić information content (AvgIpc) is 2.14. The van der Waals surface area contributed by atoms with Crippen molar-refractivity contribution < 1.29 is 9.30 Å². The van der Waals surface area contributed by atoms with E-state index in [0.717, 1.165) is 19.4 Å². The Bertz CT molecular complexity index is 68.1. The number of ether oxygens (including phenoxy) is 1. The van der Waals surface area contributed by atoms with E-state index in [0.29, 0.717) is 0 Å². The summed E-state index contributed by atoms with van der Waals surface area (Å²) in [4.78, 5) is 0. The van der Waals surface area contributed by atoms with Crippen molar-refractivity contribution in [3.8, 4) is 0 Å². The largest absolute Gasteiger partial charge is 0.356 e. The standard InChI is InChI=1S/C4H7O2P/c5-7-4-2-1-3-6-4/h4H,1-3H2/p+1. The number of hydrogen-bond donors (Lipinski definition) is 0. The third kappa shape index (κ3) is 1.22. The van der Waals surface area contributed by atoms with E-state index in [1.54, 1.807) is 0 Å². The van der Waals surface area contributed by atoms with E-state index >= 15 is 0 Å². The Kier molecular flexibility index (Phi) is 1.77. The van der Waals surface area contributed by atoms with Gasteiger partial charge in [0.15, 0.2) is 0 Å². The zero-order valence-corrected chi connectivity index (χ0v) is 5.02. The van der Waals surface area contributed by atoms with Gasteiger partial charge in [0.25, 0.3) is 5.85 Å². The van der Waals surface area contributed by atoms with E-state index in [1.165, 1.54) is 0 Å². The van der Waals surface area contributed by atoms with E-state index in [-0.39, 0.29) is 14.3 Å². The third-order valence-corrected chi connectivity index (χ3v) is 1.78. The van der Waals surface area contributed by atoms with E-state index < -0.39 is 0 Å². The summed E-state index contributed by atoms with van der Waals surface area (Å²) in [6.07, 6.45) is 2.07. The Morgan fingerprint density at radius 1 is 1.71 bits per heavy atom. The van der Waals surface area contributed by atoms with Gasteiger partial charge in [0.1, 0.15) is 0 Å². The molecule has 0 amide bonds. The highest BCUT2D eigenvalue weighted by atomic mass is 31.1. The van der Waals surface area contributed by atoms with Gasteiger partial charge in [0.05, 0.1) is 6.61 Å². The summed E-state index contributed by atoms with van der Waals surface area (Å²) in [6, 6.07) is 0. The zero-order valence-electron chi connectivity index (χ0n) is 4.02. The molecule has 0 aromatic rings. The van der Waals surface area contributed by atoms with Crippen LogP contribution in [0.15, 0.2) is 0 Å². The molecular weight excluding hydrogens is 111 g/mol. The molecular formula is C4H8O2P+. The van der Waals surface area contributed by atoms with Gasteiger partial charge in [0.2, 0.25) is 0 Å². The minimum absolute atomic E-state index is 0.0694. The SMILES string of the molecule is O=[PH+]C1CCCO1. The molecule has 0 spiro atoms. The van der Waals surface area contributed by atoms with Crippen LogP contribution in [-0.4, -0.2) is 12.5 Å². The topological polar surface area (TPSA) is 26.3 Å². The summed E-state index contributed by atoms with van der Waals surface area (Å²) in [5.41, 5.74) is 0. The Labute approximate surface area is 44.1 Å². The maximum absolute atomic E-state index is 10.0. The minimum Gasteiger partial charge on any atom is -0.335 e. The van der Waals surface area contributed by atoms with Gasteiger partial charge in [0, 0.05) is 6.42 Å². The molecule has 1 saturated heterocycles. The van der Waals surface area contributed by atoms with Gasteiger partial charge in [-0.15, -0.1) is 0 Å². The lowest BCUT2D eigenvalue weighted by Crippen LogP contribution is -1.90. The number of hydrogen-bond acceptors (Lipinski definition) is 2. The van der Waals surface area contributed by atoms with Crippen LogP contribution < -0.4 is 0 Å². The molecule has 0 aromatic heterocycles. The summed E-state index contributed by atoms with van der Waals surface area (Å²) in [5.74, 6) is 0.0694. The summed E-state index contributed by atoms with van der Waals surface area (Å²) in [6.45, 7) is 0.805. The maximum atomic E-state index is 10.0. The highest BCUT2D eigenvalue weighted by molar-refractivity contribution is 7.24. The second-order valence-corrected chi connectivity index (χ2v) is 2.50. The molecule has 1 heterocycles. The van der Waals surface area contributed by atoms with Crippen molar-refractivity contribution in [3.63, 3.8) is 0 Å². The molecule has 0 aromatic carbocycles. The molecule has 3 heteroatoms. The Morgan fingerprint density at radius 2 is 2.57 bits per heavy atom. The Hall–Kier alpha value is 0.0600. The van der Waals surface area contributed by atoms with Crippen LogP contribution in [0.25, 0.3) is 0 Å².